The maximum atomic E-state index is 11.8. The Bertz CT molecular complexity index is 526. The van der Waals surface area contributed by atoms with Crippen LogP contribution in [-0.2, 0) is 0 Å². The molecule has 1 fully saturated rings. The molecule has 1 aromatic carbocycles. The number of carbonyl (C=O) groups is 2. The summed E-state index contributed by atoms with van der Waals surface area (Å²) >= 11 is 0. The predicted molar refractivity (Wildman–Crippen MR) is 74.0 cm³/mol. The lowest BCUT2D eigenvalue weighted by Crippen LogP contribution is -2.36. The Labute approximate surface area is 116 Å². The molecule has 1 atom stereocenters. The third kappa shape index (κ3) is 3.88. The highest BCUT2D eigenvalue weighted by Gasteiger charge is 2.24. The zero-order valence-corrected chi connectivity index (χ0v) is 11.2. The molecular formula is C14H18N2O4. The van der Waals surface area contributed by atoms with E-state index in [4.69, 9.17) is 5.11 Å². The van der Waals surface area contributed by atoms with Gasteiger partial charge in [0.05, 0.1) is 0 Å². The van der Waals surface area contributed by atoms with Gasteiger partial charge in [0.15, 0.2) is 0 Å². The fourth-order valence-electron chi connectivity index (χ4n) is 2.09. The summed E-state index contributed by atoms with van der Waals surface area (Å²) in [6, 6.07) is 3.63. The summed E-state index contributed by atoms with van der Waals surface area (Å²) in [5.74, 6) is -0.850. The molecule has 1 aliphatic rings. The molecule has 1 unspecified atom stereocenters. The second-order valence-corrected chi connectivity index (χ2v) is 5.22. The monoisotopic (exact) mass is 278 g/mol. The largest absolute Gasteiger partial charge is 0.507 e. The van der Waals surface area contributed by atoms with E-state index in [-0.39, 0.29) is 23.4 Å². The van der Waals surface area contributed by atoms with Crippen LogP contribution in [0.4, 0.5) is 10.5 Å². The van der Waals surface area contributed by atoms with E-state index in [0.717, 1.165) is 12.3 Å². The minimum Gasteiger partial charge on any atom is -0.507 e. The van der Waals surface area contributed by atoms with E-state index >= 15 is 0 Å². The van der Waals surface area contributed by atoms with Gasteiger partial charge < -0.3 is 20.8 Å². The summed E-state index contributed by atoms with van der Waals surface area (Å²) in [5.41, 5.74) is 0.0881. The molecule has 0 saturated heterocycles. The van der Waals surface area contributed by atoms with Crippen LogP contribution in [-0.4, -0.2) is 28.3 Å². The average Bonchev–Trinajstić information content (AvgIpc) is 3.14. The standard InChI is InChI=1S/C14H18N2O4/c1-8(6-9-2-3-9)15-14(20)16-10-4-5-12(17)11(7-10)13(18)19/h4-5,7-9,17H,2-3,6H2,1H3,(H,18,19)(H2,15,16,20). The molecule has 0 heterocycles. The molecule has 6 heteroatoms. The van der Waals surface area contributed by atoms with Crippen molar-refractivity contribution in [3.05, 3.63) is 23.8 Å². The first kappa shape index (κ1) is 14.2. The van der Waals surface area contributed by atoms with Gasteiger partial charge in [-0.15, -0.1) is 0 Å². The van der Waals surface area contributed by atoms with Gasteiger partial charge in [0.2, 0.25) is 0 Å². The molecule has 0 spiro atoms. The number of carbonyl (C=O) groups excluding carboxylic acids is 1. The second kappa shape index (κ2) is 5.81. The van der Waals surface area contributed by atoms with Gasteiger partial charge in [-0.05, 0) is 37.5 Å². The number of phenols is 1. The molecule has 1 saturated carbocycles. The number of rotatable bonds is 5. The average molecular weight is 278 g/mol. The second-order valence-electron chi connectivity index (χ2n) is 5.22. The van der Waals surface area contributed by atoms with Crippen LogP contribution in [0.3, 0.4) is 0 Å². The van der Waals surface area contributed by atoms with Crippen molar-refractivity contribution in [3.63, 3.8) is 0 Å². The SMILES string of the molecule is CC(CC1CC1)NC(=O)Nc1ccc(O)c(C(=O)O)c1. The van der Waals surface area contributed by atoms with Crippen molar-refractivity contribution in [3.8, 4) is 5.75 Å². The molecule has 20 heavy (non-hydrogen) atoms. The number of carboxylic acid groups (broad SMARTS) is 1. The summed E-state index contributed by atoms with van der Waals surface area (Å²) in [4.78, 5) is 22.6. The van der Waals surface area contributed by atoms with Gasteiger partial charge in [-0.3, -0.25) is 0 Å². The van der Waals surface area contributed by atoms with E-state index in [1.54, 1.807) is 0 Å². The number of nitrogens with one attached hydrogen (secondary N) is 2. The molecule has 6 nitrogen and oxygen atoms in total. The summed E-state index contributed by atoms with van der Waals surface area (Å²) in [6.45, 7) is 1.94. The summed E-state index contributed by atoms with van der Waals surface area (Å²) in [5, 5.41) is 23.6. The first-order valence-electron chi connectivity index (χ1n) is 6.59. The molecule has 0 bridgehead atoms. The van der Waals surface area contributed by atoms with E-state index in [1.165, 1.54) is 31.0 Å². The number of anilines is 1. The number of amides is 2. The van der Waals surface area contributed by atoms with Gasteiger partial charge in [-0.1, -0.05) is 12.8 Å². The minimum absolute atomic E-state index is 0.0820. The van der Waals surface area contributed by atoms with E-state index in [1.807, 2.05) is 6.92 Å². The normalized spacial score (nSPS) is 15.4. The Morgan fingerprint density at radius 1 is 1.40 bits per heavy atom. The van der Waals surface area contributed by atoms with E-state index < -0.39 is 5.97 Å². The van der Waals surface area contributed by atoms with Crippen molar-refractivity contribution in [2.45, 2.75) is 32.2 Å². The maximum absolute atomic E-state index is 11.8. The first-order valence-corrected chi connectivity index (χ1v) is 6.59. The van der Waals surface area contributed by atoms with Crippen molar-refractivity contribution in [1.29, 1.82) is 0 Å². The minimum atomic E-state index is -1.24. The van der Waals surface area contributed by atoms with Crippen molar-refractivity contribution in [1.82, 2.24) is 5.32 Å². The van der Waals surface area contributed by atoms with Crippen molar-refractivity contribution >= 4 is 17.7 Å². The Morgan fingerprint density at radius 2 is 2.10 bits per heavy atom. The molecule has 4 N–H and O–H groups in total. The highest BCUT2D eigenvalue weighted by molar-refractivity contribution is 5.95. The van der Waals surface area contributed by atoms with Gasteiger partial charge >= 0.3 is 12.0 Å². The fourth-order valence-corrected chi connectivity index (χ4v) is 2.09. The number of benzene rings is 1. The number of hydrogen-bond donors (Lipinski definition) is 4. The van der Waals surface area contributed by atoms with E-state index in [0.29, 0.717) is 5.69 Å². The van der Waals surface area contributed by atoms with Crippen LogP contribution in [0.5, 0.6) is 5.75 Å². The van der Waals surface area contributed by atoms with Crippen LogP contribution in [0.2, 0.25) is 0 Å². The highest BCUT2D eigenvalue weighted by Crippen LogP contribution is 2.33. The van der Waals surface area contributed by atoms with Crippen LogP contribution in [0.1, 0.15) is 36.5 Å². The molecule has 1 aromatic rings. The molecule has 0 aromatic heterocycles. The summed E-state index contributed by atoms with van der Waals surface area (Å²) in [6.07, 6.45) is 3.42. The van der Waals surface area contributed by atoms with Crippen LogP contribution >= 0.6 is 0 Å². The zero-order chi connectivity index (χ0) is 14.7. The van der Waals surface area contributed by atoms with Gasteiger partial charge in [-0.25, -0.2) is 9.59 Å². The van der Waals surface area contributed by atoms with Crippen molar-refractivity contribution in [2.24, 2.45) is 5.92 Å². The number of aromatic hydroxyl groups is 1. The number of urea groups is 1. The molecule has 1 aliphatic carbocycles. The molecule has 2 rings (SSSR count). The lowest BCUT2D eigenvalue weighted by atomic mass is 10.1. The van der Waals surface area contributed by atoms with Gasteiger partial charge in [0.1, 0.15) is 11.3 Å². The van der Waals surface area contributed by atoms with Crippen LogP contribution in [0.25, 0.3) is 0 Å². The van der Waals surface area contributed by atoms with Gasteiger partial charge in [0.25, 0.3) is 0 Å². The Morgan fingerprint density at radius 3 is 2.70 bits per heavy atom. The van der Waals surface area contributed by atoms with Crippen molar-refractivity contribution in [2.75, 3.05) is 5.32 Å². The van der Waals surface area contributed by atoms with Gasteiger partial charge in [0, 0.05) is 11.7 Å². The molecule has 0 aliphatic heterocycles. The van der Waals surface area contributed by atoms with Gasteiger partial charge in [-0.2, -0.15) is 0 Å². The molecule has 108 valence electrons. The van der Waals surface area contributed by atoms with Crippen molar-refractivity contribution < 1.29 is 19.8 Å². The summed E-state index contributed by atoms with van der Waals surface area (Å²) in [7, 11) is 0. The maximum Gasteiger partial charge on any atom is 0.339 e. The lowest BCUT2D eigenvalue weighted by molar-refractivity contribution is 0.0693. The van der Waals surface area contributed by atoms with E-state index in [9.17, 15) is 14.7 Å². The number of hydrogen-bond acceptors (Lipinski definition) is 3. The Kier molecular flexibility index (Phi) is 4.12. The smallest absolute Gasteiger partial charge is 0.339 e. The number of aromatic carboxylic acids is 1. The molecular weight excluding hydrogens is 260 g/mol. The fraction of sp³-hybridized carbons (Fsp3) is 0.429. The Hall–Kier alpha value is -2.24. The third-order valence-electron chi connectivity index (χ3n) is 3.25. The Balaban J connectivity index is 1.93. The predicted octanol–water partition coefficient (Wildman–Crippen LogP) is 2.40. The molecule has 0 radical (unpaired) electrons. The lowest BCUT2D eigenvalue weighted by Gasteiger charge is -2.14. The molecule has 2 amide bonds. The van der Waals surface area contributed by atoms with E-state index in [2.05, 4.69) is 10.6 Å². The highest BCUT2D eigenvalue weighted by atomic mass is 16.4. The quantitative estimate of drug-likeness (QED) is 0.621. The van der Waals surface area contributed by atoms with Crippen LogP contribution < -0.4 is 10.6 Å². The third-order valence-corrected chi connectivity index (χ3v) is 3.25. The van der Waals surface area contributed by atoms with Crippen LogP contribution in [0, 0.1) is 5.92 Å². The van der Waals surface area contributed by atoms with Crippen LogP contribution in [0.15, 0.2) is 18.2 Å². The summed E-state index contributed by atoms with van der Waals surface area (Å²) < 4.78 is 0. The zero-order valence-electron chi connectivity index (χ0n) is 11.2. The topological polar surface area (TPSA) is 98.7 Å². The first-order chi connectivity index (χ1) is 9.45. The number of carboxylic acids is 1.